The zero-order chi connectivity index (χ0) is 71.9. The van der Waals surface area contributed by atoms with Crippen LogP contribution in [0.15, 0.2) is 144 Å². The number of allylic oxidation sites excluding steroid dienone is 7. The molecule has 0 aromatic heterocycles. The fourth-order valence-corrected chi connectivity index (χ4v) is 19.9. The highest BCUT2D eigenvalue weighted by Gasteiger charge is 2.65. The first-order chi connectivity index (χ1) is 45.0. The maximum Gasteiger partial charge on any atom is 0.0201 e. The number of hydrogen-bond donors (Lipinski definition) is 0. The van der Waals surface area contributed by atoms with Crippen molar-refractivity contribution in [2.75, 3.05) is 32.7 Å². The van der Waals surface area contributed by atoms with Crippen molar-refractivity contribution >= 4 is 12.2 Å². The number of fused-ring (bicyclic) bond motifs is 6. The Balaban J connectivity index is 0.000000455. The molecule has 8 aliphatic carbocycles. The first-order valence-electron chi connectivity index (χ1n) is 39.5. The van der Waals surface area contributed by atoms with E-state index in [0.29, 0.717) is 45.0 Å². The van der Waals surface area contributed by atoms with Gasteiger partial charge in [-0.05, 0) is 301 Å². The topological polar surface area (TPSA) is 13.0 Å². The lowest BCUT2D eigenvalue weighted by Crippen LogP contribution is -2.55. The molecule has 6 saturated carbocycles. The lowest BCUT2D eigenvalue weighted by molar-refractivity contribution is -0.00292. The van der Waals surface area contributed by atoms with Crippen molar-refractivity contribution in [3.63, 3.8) is 0 Å². The smallest absolute Gasteiger partial charge is 0.0201 e. The van der Waals surface area contributed by atoms with E-state index in [2.05, 4.69) is 315 Å². The normalized spacial score (nSPS) is 28.1. The molecule has 0 radical (unpaired) electrons. The quantitative estimate of drug-likeness (QED) is 0.123. The predicted molar refractivity (Wildman–Crippen MR) is 463 cm³/mol. The highest BCUT2D eigenvalue weighted by atomic mass is 15.3. The van der Waals surface area contributed by atoms with Crippen molar-refractivity contribution in [2.45, 2.75) is 360 Å². The van der Waals surface area contributed by atoms with Crippen LogP contribution in [0.25, 0.3) is 12.2 Å². The van der Waals surface area contributed by atoms with Crippen LogP contribution >= 0.6 is 0 Å². The van der Waals surface area contributed by atoms with Gasteiger partial charge in [-0.15, -0.1) is 0 Å². The Bertz CT molecular complexity index is 3050. The Morgan fingerprint density at radius 3 is 1.25 bits per heavy atom. The summed E-state index contributed by atoms with van der Waals surface area (Å²) in [6.07, 6.45) is 41.6. The summed E-state index contributed by atoms with van der Waals surface area (Å²) in [4.78, 5) is 11.0. The fraction of sp³-hybridized carbons (Fsp3) is 0.714. The van der Waals surface area contributed by atoms with E-state index < -0.39 is 0 Å². The number of benzene rings is 2. The molecule has 2 aromatic rings. The van der Waals surface area contributed by atoms with E-state index in [4.69, 9.17) is 0 Å². The minimum Gasteiger partial charge on any atom is -0.292 e. The highest BCUT2D eigenvalue weighted by Crippen LogP contribution is 2.68. The summed E-state index contributed by atoms with van der Waals surface area (Å²) in [5.74, 6) is 5.05. The van der Waals surface area contributed by atoms with Crippen LogP contribution in [0.1, 0.15) is 331 Å². The Hall–Kier alpha value is -3.80. The lowest BCUT2D eigenvalue weighted by Gasteiger charge is -2.50. The molecule has 0 heterocycles. The molecule has 8 aliphatic rings. The second-order valence-corrected chi connectivity index (χ2v) is 39.1. The van der Waals surface area contributed by atoms with Gasteiger partial charge < -0.3 is 0 Å². The summed E-state index contributed by atoms with van der Waals surface area (Å²) < 4.78 is 0. The summed E-state index contributed by atoms with van der Waals surface area (Å²) in [6.45, 7) is 73.6. The Labute approximate surface area is 637 Å². The lowest BCUT2D eigenvalue weighted by atomic mass is 9.68. The van der Waals surface area contributed by atoms with Gasteiger partial charge in [-0.2, -0.15) is 0 Å². The molecule has 4 heteroatoms. The van der Waals surface area contributed by atoms with Crippen LogP contribution in [-0.4, -0.2) is 92.6 Å². The molecule has 0 amide bonds. The SMILES string of the molecule is C.C.C.C.C.C=C(C)C1CC=C(CN(C/C=C/c2ccccc2)C(C)(C)C)CC1.C=C(C)C1CC=C(CN(C2CC3CCC2(C)C3(C)C)C(C)(C)C)CC1.CC(C)(C)N(C/C=C/c1ccccc1)C1CC2CCC1(C)C2(C)C.CC(C)=CCC/C(C)=C/CN(C1CC2CCC1C2(C)C)C(C)(C)C. The molecule has 11 unspecified atom stereocenters. The summed E-state index contributed by atoms with van der Waals surface area (Å²) in [5, 5.41) is 0. The fourth-order valence-electron chi connectivity index (χ4n) is 19.9. The average molecular weight is 1400 g/mol. The Morgan fingerprint density at radius 1 is 0.471 bits per heavy atom. The Morgan fingerprint density at radius 2 is 0.902 bits per heavy atom. The molecule has 582 valence electrons. The van der Waals surface area contributed by atoms with Crippen molar-refractivity contribution in [1.29, 1.82) is 0 Å². The van der Waals surface area contributed by atoms with Crippen molar-refractivity contribution in [3.8, 4) is 0 Å². The molecule has 4 nitrogen and oxygen atoms in total. The van der Waals surface area contributed by atoms with Gasteiger partial charge in [0.25, 0.3) is 0 Å². The van der Waals surface area contributed by atoms with Gasteiger partial charge in [0.1, 0.15) is 0 Å². The van der Waals surface area contributed by atoms with E-state index in [9.17, 15) is 0 Å². The molecular weight excluding hydrogens is 1230 g/mol. The zero-order valence-electron chi connectivity index (χ0n) is 67.8. The van der Waals surface area contributed by atoms with Crippen molar-refractivity contribution in [2.24, 2.45) is 62.6 Å². The second kappa shape index (κ2) is 38.3. The molecule has 10 rings (SSSR count). The first kappa shape index (κ1) is 94.3. The van der Waals surface area contributed by atoms with Gasteiger partial charge in [-0.25, -0.2) is 0 Å². The van der Waals surface area contributed by atoms with Crippen LogP contribution in [0, 0.1) is 62.6 Å². The molecule has 6 bridgehead atoms. The van der Waals surface area contributed by atoms with E-state index in [-0.39, 0.29) is 59.3 Å². The third kappa shape index (κ3) is 23.1. The standard InChI is InChI=1S/C24H41N.C23H35N.C23H41N.C23H33N.5CH4/c1-17(2)19-11-9-18(10-12-19)16-25(22(3,4)5)21-15-20-13-14-24(21,8)23(20,6)7;1-21(2,3)24(16-10-13-18-11-8-7-9-12-18)20-17-19-14-15-23(20,6)22(19,4)5;1-17(2)10-9-11-18(3)14-15-24(22(4,5)6)21-16-19-12-13-20(21)23(19,7)8;1-19(2)22-15-13-21(14-16-22)18-24(23(3,4)5)17-9-12-20-10-7-6-8-11-20;;;;;/h9,19-21H,1,10-16H2,2-8H3;7-13,19-20H,14-17H2,1-6H3;10,14,19-21H,9,11-13,15-16H2,1-8H3;6-13,22H,1,14-18H2,2-5H3;5*1H4/b;13-10+;18-14+;12-9+;;;;;. The molecule has 0 saturated heterocycles. The van der Waals surface area contributed by atoms with Crippen LogP contribution in [0.4, 0.5) is 0 Å². The van der Waals surface area contributed by atoms with E-state index >= 15 is 0 Å². The number of hydrogen-bond acceptors (Lipinski definition) is 4. The molecule has 0 N–H and O–H groups in total. The molecule has 0 spiro atoms. The molecule has 2 aromatic carbocycles. The molecule has 0 aliphatic heterocycles. The summed E-state index contributed by atoms with van der Waals surface area (Å²) in [6, 6.07) is 23.4. The largest absolute Gasteiger partial charge is 0.292 e. The summed E-state index contributed by atoms with van der Waals surface area (Å²) in [7, 11) is 0. The highest BCUT2D eigenvalue weighted by molar-refractivity contribution is 5.49. The van der Waals surface area contributed by atoms with Gasteiger partial charge >= 0.3 is 0 Å². The second-order valence-electron chi connectivity index (χ2n) is 39.1. The maximum atomic E-state index is 4.18. The van der Waals surface area contributed by atoms with Crippen LogP contribution in [0.5, 0.6) is 0 Å². The van der Waals surface area contributed by atoms with E-state index in [1.54, 1.807) is 16.7 Å². The Kier molecular flexibility index (Phi) is 35.4. The molecular formula is C98H170N4. The average Bonchev–Trinajstić information content (AvgIpc) is 1.55. The molecule has 102 heavy (non-hydrogen) atoms. The van der Waals surface area contributed by atoms with E-state index in [1.807, 2.05) is 0 Å². The molecule has 11 atom stereocenters. The van der Waals surface area contributed by atoms with Gasteiger partial charge in [0, 0.05) is 73.0 Å². The van der Waals surface area contributed by atoms with Crippen molar-refractivity contribution in [3.05, 3.63) is 155 Å². The minimum atomic E-state index is 0. The van der Waals surface area contributed by atoms with Crippen LogP contribution in [0.2, 0.25) is 0 Å². The predicted octanol–water partition coefficient (Wildman–Crippen LogP) is 28.5. The minimum absolute atomic E-state index is 0. The van der Waals surface area contributed by atoms with Gasteiger partial charge in [0.15, 0.2) is 0 Å². The third-order valence-corrected chi connectivity index (χ3v) is 27.8. The summed E-state index contributed by atoms with van der Waals surface area (Å²) >= 11 is 0. The zero-order valence-corrected chi connectivity index (χ0v) is 67.8. The van der Waals surface area contributed by atoms with Crippen molar-refractivity contribution < 1.29 is 0 Å². The van der Waals surface area contributed by atoms with Crippen LogP contribution in [-0.2, 0) is 0 Å². The van der Waals surface area contributed by atoms with Crippen LogP contribution in [0.3, 0.4) is 0 Å². The van der Waals surface area contributed by atoms with Gasteiger partial charge in [0.05, 0.1) is 0 Å². The molecule has 6 fully saturated rings. The third-order valence-electron chi connectivity index (χ3n) is 27.8. The van der Waals surface area contributed by atoms with Crippen molar-refractivity contribution in [1.82, 2.24) is 19.6 Å². The summed E-state index contributed by atoms with van der Waals surface area (Å²) in [5.41, 5.74) is 14.8. The maximum absolute atomic E-state index is 4.18. The monoisotopic (exact) mass is 1400 g/mol. The van der Waals surface area contributed by atoms with Gasteiger partial charge in [-0.3, -0.25) is 19.6 Å². The van der Waals surface area contributed by atoms with E-state index in [1.165, 1.54) is 144 Å². The number of rotatable bonds is 20. The van der Waals surface area contributed by atoms with Gasteiger partial charge in [-0.1, -0.05) is 248 Å². The van der Waals surface area contributed by atoms with Crippen LogP contribution < -0.4 is 0 Å². The van der Waals surface area contributed by atoms with E-state index in [0.717, 1.165) is 61.9 Å². The van der Waals surface area contributed by atoms with Gasteiger partial charge in [0.2, 0.25) is 0 Å². The number of nitrogens with zero attached hydrogens (tertiary/aromatic N) is 4. The first-order valence-corrected chi connectivity index (χ1v) is 39.5.